The molecule has 2 rings (SSSR count). The number of halogens is 1. The molecule has 5 heteroatoms. The maximum absolute atomic E-state index is 4.29. The fraction of sp³-hybridized carbons (Fsp3) is 0.500. The fourth-order valence-electron chi connectivity index (χ4n) is 2.65. The summed E-state index contributed by atoms with van der Waals surface area (Å²) in [6.45, 7) is 3.02. The van der Waals surface area contributed by atoms with Crippen LogP contribution in [0.3, 0.4) is 0 Å². The lowest BCUT2D eigenvalue weighted by molar-refractivity contribution is 0.322. The third kappa shape index (κ3) is 7.83. The second-order valence-electron chi connectivity index (χ2n) is 5.86. The molecule has 0 heterocycles. The molecule has 0 atom stereocenters. The van der Waals surface area contributed by atoms with Crippen LogP contribution < -0.4 is 10.6 Å². The van der Waals surface area contributed by atoms with Gasteiger partial charge in [0.05, 0.1) is 0 Å². The summed E-state index contributed by atoms with van der Waals surface area (Å²) in [4.78, 5) is 6.64. The van der Waals surface area contributed by atoms with Crippen molar-refractivity contribution in [1.82, 2.24) is 15.5 Å². The van der Waals surface area contributed by atoms with Crippen LogP contribution in [-0.4, -0.2) is 44.1 Å². The fourth-order valence-corrected chi connectivity index (χ4v) is 2.65. The molecule has 0 radical (unpaired) electrons. The van der Waals surface area contributed by atoms with Crippen LogP contribution >= 0.6 is 24.0 Å². The molecule has 4 nitrogen and oxygen atoms in total. The summed E-state index contributed by atoms with van der Waals surface area (Å²) in [5.41, 5.74) is 1.36. The Morgan fingerprint density at radius 1 is 1.22 bits per heavy atom. The summed E-state index contributed by atoms with van der Waals surface area (Å²) < 4.78 is 0. The molecule has 0 saturated heterocycles. The van der Waals surface area contributed by atoms with E-state index in [1.807, 2.05) is 7.05 Å². The number of nitrogens with one attached hydrogen (secondary N) is 2. The highest BCUT2D eigenvalue weighted by Gasteiger charge is 2.11. The molecule has 0 spiro atoms. The van der Waals surface area contributed by atoms with Crippen LogP contribution in [0.2, 0.25) is 0 Å². The number of nitrogens with zero attached hydrogens (tertiary/aromatic N) is 2. The summed E-state index contributed by atoms with van der Waals surface area (Å²) in [5.74, 6) is 0.916. The highest BCUT2D eigenvalue weighted by Crippen LogP contribution is 2.08. The predicted molar refractivity (Wildman–Crippen MR) is 109 cm³/mol. The van der Waals surface area contributed by atoms with Gasteiger partial charge in [-0.1, -0.05) is 42.5 Å². The zero-order valence-electron chi connectivity index (χ0n) is 14.2. The van der Waals surface area contributed by atoms with Gasteiger partial charge < -0.3 is 15.5 Å². The average molecular weight is 428 g/mol. The van der Waals surface area contributed by atoms with E-state index in [0.717, 1.165) is 44.9 Å². The predicted octanol–water partition coefficient (Wildman–Crippen LogP) is 3.01. The number of benzene rings is 1. The van der Waals surface area contributed by atoms with E-state index in [-0.39, 0.29) is 24.0 Å². The minimum Gasteiger partial charge on any atom is -0.356 e. The van der Waals surface area contributed by atoms with E-state index in [0.29, 0.717) is 6.04 Å². The number of rotatable bonds is 7. The van der Waals surface area contributed by atoms with Gasteiger partial charge in [0.15, 0.2) is 5.96 Å². The quantitative estimate of drug-likeness (QED) is 0.231. The second kappa shape index (κ2) is 11.5. The van der Waals surface area contributed by atoms with E-state index in [9.17, 15) is 0 Å². The van der Waals surface area contributed by atoms with Gasteiger partial charge in [0.25, 0.3) is 0 Å². The van der Waals surface area contributed by atoms with Gasteiger partial charge in [-0.15, -0.1) is 24.0 Å². The van der Waals surface area contributed by atoms with Crippen molar-refractivity contribution < 1.29 is 0 Å². The first-order chi connectivity index (χ1) is 10.8. The molecule has 1 aliphatic rings. The first-order valence-electron chi connectivity index (χ1n) is 8.12. The smallest absolute Gasteiger partial charge is 0.191 e. The molecule has 23 heavy (non-hydrogen) atoms. The standard InChI is InChI=1S/C18H28N4.HI/c1-19-18(21-17-11-6-7-12-17)20-13-8-14-22(2)15-16-9-4-3-5-10-16;/h3-7,9-10,17H,8,11-15H2,1-2H3,(H2,19,20,21);1H. The molecule has 0 saturated carbocycles. The Morgan fingerprint density at radius 2 is 1.91 bits per heavy atom. The van der Waals surface area contributed by atoms with Crippen LogP contribution in [-0.2, 0) is 6.54 Å². The van der Waals surface area contributed by atoms with Crippen molar-refractivity contribution in [3.63, 3.8) is 0 Å². The Bertz CT molecular complexity index is 479. The SMILES string of the molecule is CN=C(NCCCN(C)Cc1ccccc1)NC1CC=CC1.I. The number of hydrogen-bond donors (Lipinski definition) is 2. The maximum Gasteiger partial charge on any atom is 0.191 e. The van der Waals surface area contributed by atoms with Gasteiger partial charge in [-0.3, -0.25) is 4.99 Å². The largest absolute Gasteiger partial charge is 0.356 e. The first-order valence-corrected chi connectivity index (χ1v) is 8.12. The Balaban J connectivity index is 0.00000264. The Kier molecular flexibility index (Phi) is 9.94. The highest BCUT2D eigenvalue weighted by molar-refractivity contribution is 14.0. The van der Waals surface area contributed by atoms with Crippen LogP contribution in [0.1, 0.15) is 24.8 Å². The van der Waals surface area contributed by atoms with Gasteiger partial charge >= 0.3 is 0 Å². The summed E-state index contributed by atoms with van der Waals surface area (Å²) in [6, 6.07) is 11.1. The van der Waals surface area contributed by atoms with Crippen LogP contribution in [0.5, 0.6) is 0 Å². The van der Waals surface area contributed by atoms with Gasteiger partial charge in [-0.25, -0.2) is 0 Å². The number of aliphatic imine (C=N–C) groups is 1. The molecule has 0 fully saturated rings. The molecule has 128 valence electrons. The Morgan fingerprint density at radius 3 is 2.57 bits per heavy atom. The summed E-state index contributed by atoms with van der Waals surface area (Å²) in [7, 11) is 4.00. The van der Waals surface area contributed by atoms with E-state index in [2.05, 4.69) is 70.1 Å². The van der Waals surface area contributed by atoms with Crippen molar-refractivity contribution in [3.05, 3.63) is 48.0 Å². The van der Waals surface area contributed by atoms with Gasteiger partial charge in [0, 0.05) is 26.2 Å². The van der Waals surface area contributed by atoms with Crippen molar-refractivity contribution in [2.45, 2.75) is 31.8 Å². The lowest BCUT2D eigenvalue weighted by atomic mass is 10.2. The molecule has 1 aromatic carbocycles. The summed E-state index contributed by atoms with van der Waals surface area (Å²) in [5, 5.41) is 6.86. The minimum atomic E-state index is 0. The third-order valence-corrected chi connectivity index (χ3v) is 3.88. The molecule has 0 aromatic heterocycles. The summed E-state index contributed by atoms with van der Waals surface area (Å²) >= 11 is 0. The van der Waals surface area contributed by atoms with Crippen molar-refractivity contribution in [2.75, 3.05) is 27.2 Å². The first kappa shape index (κ1) is 20.0. The molecule has 0 amide bonds. The van der Waals surface area contributed by atoms with Gasteiger partial charge in [-0.2, -0.15) is 0 Å². The van der Waals surface area contributed by atoms with Crippen molar-refractivity contribution in [2.24, 2.45) is 4.99 Å². The van der Waals surface area contributed by atoms with E-state index in [1.165, 1.54) is 5.56 Å². The lowest BCUT2D eigenvalue weighted by Gasteiger charge is -2.19. The van der Waals surface area contributed by atoms with Crippen LogP contribution in [0.15, 0.2) is 47.5 Å². The molecule has 0 aliphatic heterocycles. The third-order valence-electron chi connectivity index (χ3n) is 3.88. The second-order valence-corrected chi connectivity index (χ2v) is 5.86. The van der Waals surface area contributed by atoms with Crippen LogP contribution in [0.4, 0.5) is 0 Å². The van der Waals surface area contributed by atoms with Gasteiger partial charge in [0.2, 0.25) is 0 Å². The topological polar surface area (TPSA) is 39.7 Å². The van der Waals surface area contributed by atoms with Crippen molar-refractivity contribution in [1.29, 1.82) is 0 Å². The monoisotopic (exact) mass is 428 g/mol. The van der Waals surface area contributed by atoms with E-state index in [4.69, 9.17) is 0 Å². The molecule has 0 unspecified atom stereocenters. The average Bonchev–Trinajstić information content (AvgIpc) is 3.04. The number of guanidine groups is 1. The summed E-state index contributed by atoms with van der Waals surface area (Å²) in [6.07, 6.45) is 7.75. The van der Waals surface area contributed by atoms with Crippen LogP contribution in [0.25, 0.3) is 0 Å². The van der Waals surface area contributed by atoms with Crippen LogP contribution in [0, 0.1) is 0 Å². The highest BCUT2D eigenvalue weighted by atomic mass is 127. The number of hydrogen-bond acceptors (Lipinski definition) is 2. The van der Waals surface area contributed by atoms with Gasteiger partial charge in [0.1, 0.15) is 0 Å². The van der Waals surface area contributed by atoms with Gasteiger partial charge in [-0.05, 0) is 38.4 Å². The molecular weight excluding hydrogens is 399 g/mol. The van der Waals surface area contributed by atoms with Crippen molar-refractivity contribution >= 4 is 29.9 Å². The molecule has 1 aromatic rings. The van der Waals surface area contributed by atoms with Crippen molar-refractivity contribution in [3.8, 4) is 0 Å². The van der Waals surface area contributed by atoms with E-state index >= 15 is 0 Å². The Labute approximate surface area is 157 Å². The lowest BCUT2D eigenvalue weighted by Crippen LogP contribution is -2.43. The molecule has 1 aliphatic carbocycles. The molecule has 2 N–H and O–H groups in total. The Hall–Kier alpha value is -1.08. The normalized spacial score (nSPS) is 14.8. The molecular formula is C18H29IN4. The minimum absolute atomic E-state index is 0. The van der Waals surface area contributed by atoms with E-state index < -0.39 is 0 Å². The van der Waals surface area contributed by atoms with E-state index in [1.54, 1.807) is 0 Å². The maximum atomic E-state index is 4.29. The zero-order chi connectivity index (χ0) is 15.6. The molecule has 0 bridgehead atoms. The zero-order valence-corrected chi connectivity index (χ0v) is 16.5.